The van der Waals surface area contributed by atoms with Gasteiger partial charge in [-0.25, -0.2) is 9.97 Å². The van der Waals surface area contributed by atoms with Crippen LogP contribution in [-0.4, -0.2) is 42.4 Å². The number of rotatable bonds is 5. The van der Waals surface area contributed by atoms with Crippen molar-refractivity contribution in [2.24, 2.45) is 0 Å². The monoisotopic (exact) mass is 516 g/mol. The fourth-order valence-corrected chi connectivity index (χ4v) is 5.08. The SMILES string of the molecule is Clc1cc(Nc2ncc3c(Br)ccc(OC4CCCCC4)c3n2)ccc1N1CCOCC1. The van der Waals surface area contributed by atoms with Crippen molar-refractivity contribution in [1.82, 2.24) is 9.97 Å². The highest BCUT2D eigenvalue weighted by Gasteiger charge is 2.18. The van der Waals surface area contributed by atoms with E-state index < -0.39 is 0 Å². The molecule has 1 N–H and O–H groups in total. The summed E-state index contributed by atoms with van der Waals surface area (Å²) in [5, 5.41) is 4.93. The van der Waals surface area contributed by atoms with E-state index in [-0.39, 0.29) is 6.10 Å². The van der Waals surface area contributed by atoms with Crippen LogP contribution in [-0.2, 0) is 4.74 Å². The van der Waals surface area contributed by atoms with Gasteiger partial charge in [-0.05, 0) is 56.0 Å². The molecule has 5 rings (SSSR count). The summed E-state index contributed by atoms with van der Waals surface area (Å²) in [6.45, 7) is 3.14. The van der Waals surface area contributed by atoms with Gasteiger partial charge in [0.1, 0.15) is 11.3 Å². The molecule has 0 unspecified atom stereocenters. The molecule has 2 fully saturated rings. The molecule has 168 valence electrons. The van der Waals surface area contributed by atoms with Gasteiger partial charge in [0.15, 0.2) is 0 Å². The van der Waals surface area contributed by atoms with Crippen LogP contribution in [0.4, 0.5) is 17.3 Å². The molecule has 1 saturated heterocycles. The molecule has 1 aromatic heterocycles. The Hall–Kier alpha value is -2.09. The molecule has 6 nitrogen and oxygen atoms in total. The van der Waals surface area contributed by atoms with Crippen LogP contribution in [0, 0.1) is 0 Å². The van der Waals surface area contributed by atoms with E-state index in [0.717, 1.165) is 71.6 Å². The molecule has 8 heteroatoms. The van der Waals surface area contributed by atoms with Crippen LogP contribution < -0.4 is 15.0 Å². The van der Waals surface area contributed by atoms with E-state index in [1.807, 2.05) is 36.5 Å². The Morgan fingerprint density at radius 1 is 1.09 bits per heavy atom. The lowest BCUT2D eigenvalue weighted by Gasteiger charge is -2.29. The average Bonchev–Trinajstić information content (AvgIpc) is 2.82. The predicted octanol–water partition coefficient (Wildman–Crippen LogP) is 6.34. The summed E-state index contributed by atoms with van der Waals surface area (Å²) >= 11 is 10.2. The summed E-state index contributed by atoms with van der Waals surface area (Å²) in [6.07, 6.45) is 8.02. The number of aromatic nitrogens is 2. The molecule has 2 heterocycles. The van der Waals surface area contributed by atoms with Crippen LogP contribution >= 0.6 is 27.5 Å². The zero-order chi connectivity index (χ0) is 21.9. The standard InChI is InChI=1S/C24H26BrClN4O2/c25-19-7-9-22(32-17-4-2-1-3-5-17)23-18(19)15-27-24(29-23)28-16-6-8-21(20(26)14-16)30-10-12-31-13-11-30/h6-9,14-15,17H,1-5,10-13H2,(H,27,28,29). The largest absolute Gasteiger partial charge is 0.488 e. The maximum Gasteiger partial charge on any atom is 0.227 e. The summed E-state index contributed by atoms with van der Waals surface area (Å²) in [5.74, 6) is 1.32. The number of anilines is 3. The van der Waals surface area contributed by atoms with Gasteiger partial charge in [-0.2, -0.15) is 0 Å². The fourth-order valence-electron chi connectivity index (χ4n) is 4.35. The molecule has 32 heavy (non-hydrogen) atoms. The lowest BCUT2D eigenvalue weighted by Crippen LogP contribution is -2.36. The number of fused-ring (bicyclic) bond motifs is 1. The number of benzene rings is 2. The van der Waals surface area contributed by atoms with E-state index in [2.05, 4.69) is 31.1 Å². The van der Waals surface area contributed by atoms with Crippen LogP contribution in [0.15, 0.2) is 41.0 Å². The van der Waals surface area contributed by atoms with Crippen molar-refractivity contribution in [3.63, 3.8) is 0 Å². The smallest absolute Gasteiger partial charge is 0.227 e. The van der Waals surface area contributed by atoms with Crippen LogP contribution in [0.5, 0.6) is 5.75 Å². The van der Waals surface area contributed by atoms with Gasteiger partial charge in [-0.3, -0.25) is 0 Å². The maximum absolute atomic E-state index is 6.59. The van der Waals surface area contributed by atoms with Gasteiger partial charge >= 0.3 is 0 Å². The highest BCUT2D eigenvalue weighted by atomic mass is 79.9. The third-order valence-electron chi connectivity index (χ3n) is 6.06. The number of nitrogens with zero attached hydrogens (tertiary/aromatic N) is 3. The van der Waals surface area contributed by atoms with E-state index in [1.165, 1.54) is 19.3 Å². The zero-order valence-corrected chi connectivity index (χ0v) is 20.2. The zero-order valence-electron chi connectivity index (χ0n) is 17.8. The van der Waals surface area contributed by atoms with Crippen LogP contribution in [0.3, 0.4) is 0 Å². The Labute approximate surface area is 201 Å². The minimum atomic E-state index is 0.256. The first-order valence-electron chi connectivity index (χ1n) is 11.2. The number of hydrogen-bond acceptors (Lipinski definition) is 6. The van der Waals surface area contributed by atoms with Crippen molar-refractivity contribution in [2.75, 3.05) is 36.5 Å². The second-order valence-corrected chi connectivity index (χ2v) is 9.53. The summed E-state index contributed by atoms with van der Waals surface area (Å²) in [6, 6.07) is 9.95. The molecule has 1 saturated carbocycles. The number of nitrogens with one attached hydrogen (secondary N) is 1. The Morgan fingerprint density at radius 2 is 1.91 bits per heavy atom. The molecule has 0 spiro atoms. The van der Waals surface area contributed by atoms with E-state index in [4.69, 9.17) is 26.1 Å². The van der Waals surface area contributed by atoms with Gasteiger partial charge in [0.05, 0.1) is 30.0 Å². The van der Waals surface area contributed by atoms with Gasteiger partial charge in [-0.1, -0.05) is 34.0 Å². The summed E-state index contributed by atoms with van der Waals surface area (Å²) in [7, 11) is 0. The van der Waals surface area contributed by atoms with Crippen molar-refractivity contribution in [2.45, 2.75) is 38.2 Å². The van der Waals surface area contributed by atoms with Crippen molar-refractivity contribution >= 4 is 55.8 Å². The van der Waals surface area contributed by atoms with Gasteiger partial charge in [0.25, 0.3) is 0 Å². The first-order valence-corrected chi connectivity index (χ1v) is 12.4. The molecule has 0 radical (unpaired) electrons. The van der Waals surface area contributed by atoms with E-state index in [9.17, 15) is 0 Å². The molecule has 1 aliphatic heterocycles. The molecule has 2 aliphatic rings. The van der Waals surface area contributed by atoms with E-state index in [0.29, 0.717) is 11.0 Å². The minimum absolute atomic E-state index is 0.256. The predicted molar refractivity (Wildman–Crippen MR) is 133 cm³/mol. The Bertz CT molecular complexity index is 1100. The minimum Gasteiger partial charge on any atom is -0.488 e. The number of hydrogen-bond donors (Lipinski definition) is 1. The Balaban J connectivity index is 1.39. The molecule has 1 aliphatic carbocycles. The summed E-state index contributed by atoms with van der Waals surface area (Å²) < 4.78 is 12.7. The van der Waals surface area contributed by atoms with Gasteiger partial charge < -0.3 is 19.7 Å². The molecule has 2 aromatic carbocycles. The second kappa shape index (κ2) is 9.81. The number of halogens is 2. The van der Waals surface area contributed by atoms with Crippen molar-refractivity contribution < 1.29 is 9.47 Å². The highest BCUT2D eigenvalue weighted by molar-refractivity contribution is 9.10. The number of ether oxygens (including phenoxy) is 2. The molecule has 0 bridgehead atoms. The van der Waals surface area contributed by atoms with Gasteiger partial charge in [0, 0.05) is 34.8 Å². The Morgan fingerprint density at radius 3 is 2.69 bits per heavy atom. The quantitative estimate of drug-likeness (QED) is 0.426. The lowest BCUT2D eigenvalue weighted by molar-refractivity contribution is 0.122. The van der Waals surface area contributed by atoms with Crippen LogP contribution in [0.1, 0.15) is 32.1 Å². The average molecular weight is 518 g/mol. The maximum atomic E-state index is 6.59. The Kier molecular flexibility index (Phi) is 6.67. The molecular weight excluding hydrogens is 492 g/mol. The normalized spacial score (nSPS) is 17.5. The van der Waals surface area contributed by atoms with E-state index >= 15 is 0 Å². The summed E-state index contributed by atoms with van der Waals surface area (Å²) in [4.78, 5) is 11.6. The molecule has 3 aromatic rings. The number of morpholine rings is 1. The van der Waals surface area contributed by atoms with Crippen LogP contribution in [0.2, 0.25) is 5.02 Å². The van der Waals surface area contributed by atoms with Crippen molar-refractivity contribution in [3.8, 4) is 5.75 Å². The van der Waals surface area contributed by atoms with E-state index in [1.54, 1.807) is 0 Å². The molecular formula is C24H26BrClN4O2. The van der Waals surface area contributed by atoms with Gasteiger partial charge in [0.2, 0.25) is 5.95 Å². The van der Waals surface area contributed by atoms with Gasteiger partial charge in [-0.15, -0.1) is 0 Å². The van der Waals surface area contributed by atoms with Crippen LogP contribution in [0.25, 0.3) is 10.9 Å². The lowest BCUT2D eigenvalue weighted by atomic mass is 9.98. The van der Waals surface area contributed by atoms with Crippen molar-refractivity contribution in [3.05, 3.63) is 46.0 Å². The molecule has 0 amide bonds. The topological polar surface area (TPSA) is 59.5 Å². The third kappa shape index (κ3) is 4.80. The third-order valence-corrected chi connectivity index (χ3v) is 7.06. The first-order chi connectivity index (χ1) is 15.7. The summed E-state index contributed by atoms with van der Waals surface area (Å²) in [5.41, 5.74) is 2.67. The highest BCUT2D eigenvalue weighted by Crippen LogP contribution is 2.34. The first kappa shape index (κ1) is 21.7. The second-order valence-electron chi connectivity index (χ2n) is 8.27. The fraction of sp³-hybridized carbons (Fsp3) is 0.417. The molecule has 0 atom stereocenters. The van der Waals surface area contributed by atoms with Crippen molar-refractivity contribution in [1.29, 1.82) is 0 Å².